The second-order valence-electron chi connectivity index (χ2n) is 5.57. The van der Waals surface area contributed by atoms with Crippen molar-refractivity contribution in [3.05, 3.63) is 23.9 Å². The van der Waals surface area contributed by atoms with E-state index in [1.165, 1.54) is 0 Å². The standard InChI is InChI=1S/C14H20N2O2/c1-9(17)11-3-2-6-15-14(11)16-7-10-4-5-13(18)12(10)8-16/h2-3,6,9-10,12-13,17-18H,4-5,7-8H2,1H3. The van der Waals surface area contributed by atoms with Crippen LogP contribution < -0.4 is 4.90 Å². The normalized spacial score (nSPS) is 32.6. The summed E-state index contributed by atoms with van der Waals surface area (Å²) in [5.41, 5.74) is 0.881. The van der Waals surface area contributed by atoms with Crippen LogP contribution in [0.25, 0.3) is 0 Å². The molecule has 2 N–H and O–H groups in total. The van der Waals surface area contributed by atoms with Gasteiger partial charge in [-0.3, -0.25) is 0 Å². The monoisotopic (exact) mass is 248 g/mol. The Morgan fingerprint density at radius 1 is 1.39 bits per heavy atom. The summed E-state index contributed by atoms with van der Waals surface area (Å²) in [6.07, 6.45) is 3.16. The average molecular weight is 248 g/mol. The SMILES string of the molecule is CC(O)c1cccnc1N1CC2CCC(O)C2C1. The molecule has 1 aromatic heterocycles. The van der Waals surface area contributed by atoms with Gasteiger partial charge in [0.1, 0.15) is 5.82 Å². The zero-order chi connectivity index (χ0) is 12.7. The Morgan fingerprint density at radius 2 is 2.22 bits per heavy atom. The second-order valence-corrected chi connectivity index (χ2v) is 5.57. The van der Waals surface area contributed by atoms with Crippen molar-refractivity contribution in [1.29, 1.82) is 0 Å². The fourth-order valence-electron chi connectivity index (χ4n) is 3.41. The van der Waals surface area contributed by atoms with Crippen molar-refractivity contribution < 1.29 is 10.2 Å². The molecule has 4 heteroatoms. The fourth-order valence-corrected chi connectivity index (χ4v) is 3.41. The van der Waals surface area contributed by atoms with E-state index in [2.05, 4.69) is 9.88 Å². The Bertz CT molecular complexity index is 436. The summed E-state index contributed by atoms with van der Waals surface area (Å²) in [6, 6.07) is 3.79. The van der Waals surface area contributed by atoms with Gasteiger partial charge in [-0.25, -0.2) is 4.98 Å². The molecule has 1 aliphatic heterocycles. The number of anilines is 1. The molecular weight excluding hydrogens is 228 g/mol. The van der Waals surface area contributed by atoms with Crippen molar-refractivity contribution in [2.75, 3.05) is 18.0 Å². The maximum atomic E-state index is 9.95. The first-order chi connectivity index (χ1) is 8.66. The molecule has 1 aromatic rings. The Balaban J connectivity index is 1.85. The van der Waals surface area contributed by atoms with E-state index in [4.69, 9.17) is 0 Å². The Labute approximate surface area is 107 Å². The van der Waals surface area contributed by atoms with Crippen LogP contribution in [-0.4, -0.2) is 34.4 Å². The van der Waals surface area contributed by atoms with Crippen LogP contribution in [0.15, 0.2) is 18.3 Å². The third-order valence-corrected chi connectivity index (χ3v) is 4.39. The molecule has 0 radical (unpaired) electrons. The maximum absolute atomic E-state index is 9.95. The molecule has 0 spiro atoms. The molecule has 4 atom stereocenters. The third-order valence-electron chi connectivity index (χ3n) is 4.39. The van der Waals surface area contributed by atoms with Gasteiger partial charge < -0.3 is 15.1 Å². The lowest BCUT2D eigenvalue weighted by atomic mass is 10.00. The summed E-state index contributed by atoms with van der Waals surface area (Å²) in [5.74, 6) is 1.85. The number of fused-ring (bicyclic) bond motifs is 1. The van der Waals surface area contributed by atoms with Crippen LogP contribution in [0, 0.1) is 11.8 Å². The summed E-state index contributed by atoms with van der Waals surface area (Å²) in [4.78, 5) is 6.64. The van der Waals surface area contributed by atoms with Crippen molar-refractivity contribution in [3.63, 3.8) is 0 Å². The highest BCUT2D eigenvalue weighted by Gasteiger charge is 2.42. The molecule has 4 nitrogen and oxygen atoms in total. The highest BCUT2D eigenvalue weighted by Crippen LogP contribution is 2.40. The molecule has 2 aliphatic rings. The van der Waals surface area contributed by atoms with Gasteiger partial charge in [0, 0.05) is 30.8 Å². The van der Waals surface area contributed by atoms with Gasteiger partial charge in [-0.05, 0) is 31.7 Å². The van der Waals surface area contributed by atoms with Crippen molar-refractivity contribution >= 4 is 5.82 Å². The molecule has 3 rings (SSSR count). The minimum Gasteiger partial charge on any atom is -0.393 e. The maximum Gasteiger partial charge on any atom is 0.134 e. The molecule has 2 fully saturated rings. The van der Waals surface area contributed by atoms with Gasteiger partial charge in [0.2, 0.25) is 0 Å². The first-order valence-corrected chi connectivity index (χ1v) is 6.73. The third kappa shape index (κ3) is 1.89. The van der Waals surface area contributed by atoms with Crippen LogP contribution in [0.3, 0.4) is 0 Å². The molecule has 4 unspecified atom stereocenters. The van der Waals surface area contributed by atoms with Crippen LogP contribution in [-0.2, 0) is 0 Å². The van der Waals surface area contributed by atoms with E-state index < -0.39 is 6.10 Å². The van der Waals surface area contributed by atoms with Crippen LogP contribution in [0.4, 0.5) is 5.82 Å². The smallest absolute Gasteiger partial charge is 0.134 e. The van der Waals surface area contributed by atoms with Crippen molar-refractivity contribution in [2.24, 2.45) is 11.8 Å². The van der Waals surface area contributed by atoms with Gasteiger partial charge in [-0.15, -0.1) is 0 Å². The minimum atomic E-state index is -0.501. The number of aliphatic hydroxyl groups excluding tert-OH is 2. The molecular formula is C14H20N2O2. The average Bonchev–Trinajstić information content (AvgIpc) is 2.92. The van der Waals surface area contributed by atoms with E-state index in [1.807, 2.05) is 12.1 Å². The number of hydrogen-bond donors (Lipinski definition) is 2. The zero-order valence-corrected chi connectivity index (χ0v) is 10.7. The summed E-state index contributed by atoms with van der Waals surface area (Å²) < 4.78 is 0. The lowest BCUT2D eigenvalue weighted by Gasteiger charge is -2.23. The number of rotatable bonds is 2. The first-order valence-electron chi connectivity index (χ1n) is 6.73. The van der Waals surface area contributed by atoms with Gasteiger partial charge in [0.15, 0.2) is 0 Å². The molecule has 18 heavy (non-hydrogen) atoms. The molecule has 0 amide bonds. The van der Waals surface area contributed by atoms with E-state index in [-0.39, 0.29) is 6.10 Å². The quantitative estimate of drug-likeness (QED) is 0.829. The number of aromatic nitrogens is 1. The van der Waals surface area contributed by atoms with Gasteiger partial charge in [0.25, 0.3) is 0 Å². The number of nitrogens with zero attached hydrogens (tertiary/aromatic N) is 2. The van der Waals surface area contributed by atoms with Crippen molar-refractivity contribution in [3.8, 4) is 0 Å². The predicted molar refractivity (Wildman–Crippen MR) is 69.3 cm³/mol. The zero-order valence-electron chi connectivity index (χ0n) is 10.7. The predicted octanol–water partition coefficient (Wildman–Crippen LogP) is 1.34. The van der Waals surface area contributed by atoms with E-state index in [0.29, 0.717) is 11.8 Å². The Kier molecular flexibility index (Phi) is 2.99. The lowest BCUT2D eigenvalue weighted by Crippen LogP contribution is -2.26. The van der Waals surface area contributed by atoms with Gasteiger partial charge in [-0.2, -0.15) is 0 Å². The molecule has 1 saturated carbocycles. The van der Waals surface area contributed by atoms with Crippen LogP contribution in [0.2, 0.25) is 0 Å². The molecule has 0 bridgehead atoms. The van der Waals surface area contributed by atoms with E-state index >= 15 is 0 Å². The van der Waals surface area contributed by atoms with Crippen molar-refractivity contribution in [2.45, 2.75) is 32.0 Å². The largest absolute Gasteiger partial charge is 0.393 e. The first kappa shape index (κ1) is 11.9. The topological polar surface area (TPSA) is 56.6 Å². The number of pyridine rings is 1. The Morgan fingerprint density at radius 3 is 2.94 bits per heavy atom. The molecule has 1 saturated heterocycles. The Hall–Kier alpha value is -1.13. The molecule has 98 valence electrons. The number of aliphatic hydroxyl groups is 2. The summed E-state index contributed by atoms with van der Waals surface area (Å²) in [6.45, 7) is 3.59. The summed E-state index contributed by atoms with van der Waals surface area (Å²) >= 11 is 0. The lowest BCUT2D eigenvalue weighted by molar-refractivity contribution is 0.133. The van der Waals surface area contributed by atoms with Crippen LogP contribution >= 0.6 is 0 Å². The minimum absolute atomic E-state index is 0.154. The van der Waals surface area contributed by atoms with Crippen molar-refractivity contribution in [1.82, 2.24) is 4.98 Å². The van der Waals surface area contributed by atoms with Crippen LogP contribution in [0.5, 0.6) is 0 Å². The molecule has 1 aliphatic carbocycles. The van der Waals surface area contributed by atoms with Gasteiger partial charge in [0.05, 0.1) is 12.2 Å². The highest BCUT2D eigenvalue weighted by atomic mass is 16.3. The highest BCUT2D eigenvalue weighted by molar-refractivity contribution is 5.49. The summed E-state index contributed by atoms with van der Waals surface area (Å²) in [7, 11) is 0. The van der Waals surface area contributed by atoms with Gasteiger partial charge in [-0.1, -0.05) is 6.07 Å². The fraction of sp³-hybridized carbons (Fsp3) is 0.643. The molecule has 0 aromatic carbocycles. The van der Waals surface area contributed by atoms with E-state index in [0.717, 1.165) is 37.3 Å². The number of hydrogen-bond acceptors (Lipinski definition) is 4. The second kappa shape index (κ2) is 4.52. The van der Waals surface area contributed by atoms with E-state index in [1.54, 1.807) is 13.1 Å². The van der Waals surface area contributed by atoms with E-state index in [9.17, 15) is 10.2 Å². The molecule has 2 heterocycles. The van der Waals surface area contributed by atoms with Crippen LogP contribution in [0.1, 0.15) is 31.4 Å². The summed E-state index contributed by atoms with van der Waals surface area (Å²) in [5, 5.41) is 19.7. The van der Waals surface area contributed by atoms with Gasteiger partial charge >= 0.3 is 0 Å².